The van der Waals surface area contributed by atoms with Crippen molar-refractivity contribution in [2.45, 2.75) is 31.2 Å². The first-order chi connectivity index (χ1) is 8.74. The molecule has 1 aliphatic rings. The van der Waals surface area contributed by atoms with Crippen LogP contribution in [0.5, 0.6) is 0 Å². The van der Waals surface area contributed by atoms with E-state index in [0.29, 0.717) is 6.10 Å². The van der Waals surface area contributed by atoms with Gasteiger partial charge in [0.1, 0.15) is 0 Å². The summed E-state index contributed by atoms with van der Waals surface area (Å²) in [5.74, 6) is 0. The van der Waals surface area contributed by atoms with E-state index < -0.39 is 0 Å². The maximum atomic E-state index is 5.77. The molecule has 18 heavy (non-hydrogen) atoms. The highest BCUT2D eigenvalue weighted by molar-refractivity contribution is 9.10. The van der Waals surface area contributed by atoms with Crippen LogP contribution in [0.1, 0.15) is 25.3 Å². The van der Waals surface area contributed by atoms with Crippen LogP contribution < -0.4 is 4.90 Å². The van der Waals surface area contributed by atoms with Crippen LogP contribution in [-0.2, 0) is 10.1 Å². The predicted molar refractivity (Wildman–Crippen MR) is 83.6 cm³/mol. The van der Waals surface area contributed by atoms with Crippen LogP contribution in [0.3, 0.4) is 0 Å². The van der Waals surface area contributed by atoms with E-state index in [4.69, 9.17) is 4.74 Å². The lowest BCUT2D eigenvalue weighted by atomic mass is 10.1. The molecule has 1 heterocycles. The van der Waals surface area contributed by atoms with Crippen molar-refractivity contribution in [3.63, 3.8) is 0 Å². The van der Waals surface area contributed by atoms with Gasteiger partial charge in [0.2, 0.25) is 0 Å². The molecule has 0 aliphatic carbocycles. The Hall–Kier alpha value is -0.0600. The fourth-order valence-electron chi connectivity index (χ4n) is 2.47. The maximum absolute atomic E-state index is 5.77. The molecule has 0 bridgehead atoms. The van der Waals surface area contributed by atoms with Crippen LogP contribution in [0.4, 0.5) is 5.69 Å². The summed E-state index contributed by atoms with van der Waals surface area (Å²) in [6.07, 6.45) is 2.77. The Morgan fingerprint density at radius 2 is 2.28 bits per heavy atom. The third-order valence-electron chi connectivity index (χ3n) is 3.31. The zero-order valence-electron chi connectivity index (χ0n) is 10.7. The van der Waals surface area contributed by atoms with Gasteiger partial charge < -0.3 is 9.64 Å². The summed E-state index contributed by atoms with van der Waals surface area (Å²) in [4.78, 5) is 2.45. The number of nitrogens with zero attached hydrogens (tertiary/aromatic N) is 1. The predicted octanol–water partition coefficient (Wildman–Crippen LogP) is 4.35. The van der Waals surface area contributed by atoms with Crippen LogP contribution in [0, 0.1) is 0 Å². The molecule has 1 fully saturated rings. The van der Waals surface area contributed by atoms with E-state index in [2.05, 4.69) is 61.9 Å². The molecule has 1 aliphatic heterocycles. The van der Waals surface area contributed by atoms with Gasteiger partial charge in [0.05, 0.1) is 6.10 Å². The molecule has 0 amide bonds. The number of hydrogen-bond donors (Lipinski definition) is 0. The van der Waals surface area contributed by atoms with Gasteiger partial charge >= 0.3 is 0 Å². The molecule has 2 rings (SSSR count). The zero-order valence-corrected chi connectivity index (χ0v) is 13.8. The number of benzene rings is 1. The first kappa shape index (κ1) is 14.4. The molecule has 100 valence electrons. The largest absolute Gasteiger partial charge is 0.377 e. The van der Waals surface area contributed by atoms with Crippen molar-refractivity contribution in [3.8, 4) is 0 Å². The smallest absolute Gasteiger partial charge is 0.0750 e. The van der Waals surface area contributed by atoms with Crippen LogP contribution in [-0.4, -0.2) is 25.8 Å². The molecule has 0 N–H and O–H groups in total. The summed E-state index contributed by atoms with van der Waals surface area (Å²) in [5.41, 5.74) is 2.67. The maximum Gasteiger partial charge on any atom is 0.0750 e. The van der Waals surface area contributed by atoms with Crippen molar-refractivity contribution in [3.05, 3.63) is 28.2 Å². The third kappa shape index (κ3) is 3.49. The quantitative estimate of drug-likeness (QED) is 0.724. The van der Waals surface area contributed by atoms with Gasteiger partial charge in [0.25, 0.3) is 0 Å². The lowest BCUT2D eigenvalue weighted by molar-refractivity contribution is 0.0526. The van der Waals surface area contributed by atoms with Crippen molar-refractivity contribution in [1.29, 1.82) is 0 Å². The van der Waals surface area contributed by atoms with E-state index in [1.165, 1.54) is 24.1 Å². The average molecular weight is 377 g/mol. The van der Waals surface area contributed by atoms with Gasteiger partial charge in [-0.15, -0.1) is 0 Å². The van der Waals surface area contributed by atoms with Gasteiger partial charge in [-0.25, -0.2) is 0 Å². The number of hydrogen-bond acceptors (Lipinski definition) is 2. The summed E-state index contributed by atoms with van der Waals surface area (Å²) in [6.45, 7) is 5.01. The van der Waals surface area contributed by atoms with E-state index in [1.54, 1.807) is 0 Å². The van der Waals surface area contributed by atoms with E-state index in [-0.39, 0.29) is 0 Å². The van der Waals surface area contributed by atoms with Crippen LogP contribution in [0.25, 0.3) is 0 Å². The molecule has 1 aromatic carbocycles. The van der Waals surface area contributed by atoms with Crippen molar-refractivity contribution >= 4 is 37.5 Å². The summed E-state index contributed by atoms with van der Waals surface area (Å²) in [6, 6.07) is 6.49. The topological polar surface area (TPSA) is 12.5 Å². The van der Waals surface area contributed by atoms with Crippen LogP contribution in [0.15, 0.2) is 22.7 Å². The number of piperidine rings is 1. The second kappa shape index (κ2) is 6.92. The van der Waals surface area contributed by atoms with Gasteiger partial charge in [-0.3, -0.25) is 0 Å². The Morgan fingerprint density at radius 1 is 1.44 bits per heavy atom. The second-order valence-electron chi connectivity index (χ2n) is 4.57. The molecule has 0 radical (unpaired) electrons. The Kier molecular flexibility index (Phi) is 5.52. The molecule has 0 aromatic heterocycles. The normalized spacial score (nSPS) is 20.2. The standard InChI is InChI=1S/C14H19Br2NO/c1-2-18-13-4-3-7-17(10-13)14-8-12(16)6-5-11(14)9-15/h5-6,8,13H,2-4,7,9-10H2,1H3. The number of alkyl halides is 1. The summed E-state index contributed by atoms with van der Waals surface area (Å²) in [7, 11) is 0. The van der Waals surface area contributed by atoms with Crippen molar-refractivity contribution < 1.29 is 4.74 Å². The Bertz CT molecular complexity index is 395. The molecule has 1 aromatic rings. The molecule has 2 nitrogen and oxygen atoms in total. The fourth-order valence-corrected chi connectivity index (χ4v) is 3.30. The van der Waals surface area contributed by atoms with E-state index in [9.17, 15) is 0 Å². The van der Waals surface area contributed by atoms with Crippen LogP contribution in [0.2, 0.25) is 0 Å². The first-order valence-corrected chi connectivity index (χ1v) is 8.37. The lowest BCUT2D eigenvalue weighted by Crippen LogP contribution is -2.40. The summed E-state index contributed by atoms with van der Waals surface area (Å²) < 4.78 is 6.91. The molecule has 1 saturated heterocycles. The second-order valence-corrected chi connectivity index (χ2v) is 6.05. The highest BCUT2D eigenvalue weighted by Crippen LogP contribution is 2.29. The lowest BCUT2D eigenvalue weighted by Gasteiger charge is -2.35. The van der Waals surface area contributed by atoms with E-state index >= 15 is 0 Å². The number of halogens is 2. The Labute approximate surface area is 126 Å². The number of anilines is 1. The highest BCUT2D eigenvalue weighted by Gasteiger charge is 2.21. The Morgan fingerprint density at radius 3 is 3.00 bits per heavy atom. The van der Waals surface area contributed by atoms with Gasteiger partial charge in [-0.1, -0.05) is 37.9 Å². The van der Waals surface area contributed by atoms with Crippen molar-refractivity contribution in [2.75, 3.05) is 24.6 Å². The van der Waals surface area contributed by atoms with Gasteiger partial charge in [-0.2, -0.15) is 0 Å². The highest BCUT2D eigenvalue weighted by atomic mass is 79.9. The molecule has 0 spiro atoms. The Balaban J connectivity index is 2.17. The minimum absolute atomic E-state index is 0.380. The molecule has 4 heteroatoms. The zero-order chi connectivity index (χ0) is 13.0. The molecule has 1 unspecified atom stereocenters. The minimum atomic E-state index is 0.380. The summed E-state index contributed by atoms with van der Waals surface area (Å²) in [5, 5.41) is 0.894. The molecule has 0 saturated carbocycles. The number of ether oxygens (including phenoxy) is 1. The van der Waals surface area contributed by atoms with Crippen LogP contribution >= 0.6 is 31.9 Å². The van der Waals surface area contributed by atoms with Crippen molar-refractivity contribution in [1.82, 2.24) is 0 Å². The monoisotopic (exact) mass is 375 g/mol. The summed E-state index contributed by atoms with van der Waals surface area (Å²) >= 11 is 7.14. The van der Waals surface area contributed by atoms with E-state index in [1.807, 2.05) is 0 Å². The van der Waals surface area contributed by atoms with Gasteiger partial charge in [0.15, 0.2) is 0 Å². The minimum Gasteiger partial charge on any atom is -0.377 e. The third-order valence-corrected chi connectivity index (χ3v) is 4.41. The van der Waals surface area contributed by atoms with Gasteiger partial charge in [-0.05, 0) is 37.5 Å². The fraction of sp³-hybridized carbons (Fsp3) is 0.571. The van der Waals surface area contributed by atoms with Gasteiger partial charge in [0, 0.05) is 35.2 Å². The molecular formula is C14H19Br2NO. The van der Waals surface area contributed by atoms with Crippen molar-refractivity contribution in [2.24, 2.45) is 0 Å². The molecular weight excluding hydrogens is 358 g/mol. The first-order valence-electron chi connectivity index (χ1n) is 6.45. The molecule has 1 atom stereocenters. The number of rotatable bonds is 4. The van der Waals surface area contributed by atoms with E-state index in [0.717, 1.165) is 29.5 Å². The average Bonchev–Trinajstić information content (AvgIpc) is 2.39. The SMILES string of the molecule is CCOC1CCCN(c2cc(Br)ccc2CBr)C1.